The third-order valence-electron chi connectivity index (χ3n) is 3.81. The van der Waals surface area contributed by atoms with E-state index in [9.17, 15) is 0 Å². The van der Waals surface area contributed by atoms with Crippen LogP contribution in [0.4, 0.5) is 0 Å². The predicted molar refractivity (Wildman–Crippen MR) is 100 cm³/mol. The molecule has 0 fully saturated rings. The van der Waals surface area contributed by atoms with Crippen LogP contribution >= 0.6 is 11.6 Å². The van der Waals surface area contributed by atoms with Crippen molar-refractivity contribution in [1.29, 1.82) is 0 Å². The van der Waals surface area contributed by atoms with Gasteiger partial charge < -0.3 is 9.47 Å². The molecule has 4 heteroatoms. The van der Waals surface area contributed by atoms with Crippen molar-refractivity contribution >= 4 is 11.6 Å². The van der Waals surface area contributed by atoms with Gasteiger partial charge in [-0.3, -0.25) is 4.90 Å². The summed E-state index contributed by atoms with van der Waals surface area (Å²) in [6, 6.07) is 16.0. The van der Waals surface area contributed by atoms with Crippen molar-refractivity contribution in [3.05, 3.63) is 53.6 Å². The molecule has 24 heavy (non-hydrogen) atoms. The normalized spacial score (nSPS) is 11.3. The number of halogens is 1. The fraction of sp³-hybridized carbons (Fsp3) is 0.400. The monoisotopic (exact) mass is 347 g/mol. The van der Waals surface area contributed by atoms with Gasteiger partial charge in [0.25, 0.3) is 0 Å². The summed E-state index contributed by atoms with van der Waals surface area (Å²) in [5.74, 6) is 2.13. The van der Waals surface area contributed by atoms with Crippen LogP contribution in [0.25, 0.3) is 0 Å². The van der Waals surface area contributed by atoms with Gasteiger partial charge in [-0.2, -0.15) is 0 Å². The Morgan fingerprint density at radius 1 is 0.917 bits per heavy atom. The van der Waals surface area contributed by atoms with Gasteiger partial charge in [0.05, 0.1) is 0 Å². The third kappa shape index (κ3) is 5.43. The molecule has 2 aromatic rings. The van der Waals surface area contributed by atoms with Crippen LogP contribution in [0.5, 0.6) is 17.2 Å². The van der Waals surface area contributed by atoms with Crippen LogP contribution in [0.2, 0.25) is 5.02 Å². The van der Waals surface area contributed by atoms with E-state index >= 15 is 0 Å². The standard InChI is InChI=1S/C20H26ClNO2/c1-15(2)22(16(3)4)12-13-23-19-10-5-6-11-20(19)24-18-9-7-8-17(21)14-18/h5-11,14-16H,12-13H2,1-4H3. The molecular weight excluding hydrogens is 322 g/mol. The van der Waals surface area contributed by atoms with E-state index in [1.54, 1.807) is 6.07 Å². The summed E-state index contributed by atoms with van der Waals surface area (Å²) in [4.78, 5) is 2.40. The maximum absolute atomic E-state index is 6.01. The molecule has 0 unspecified atom stereocenters. The molecule has 0 heterocycles. The fourth-order valence-corrected chi connectivity index (χ4v) is 2.87. The number of para-hydroxylation sites is 2. The quantitative estimate of drug-likeness (QED) is 0.617. The van der Waals surface area contributed by atoms with Crippen LogP contribution in [-0.4, -0.2) is 30.1 Å². The second kappa shape index (κ2) is 8.95. The van der Waals surface area contributed by atoms with Crippen LogP contribution in [0, 0.1) is 0 Å². The summed E-state index contributed by atoms with van der Waals surface area (Å²) in [7, 11) is 0. The highest BCUT2D eigenvalue weighted by Crippen LogP contribution is 2.32. The Kier molecular flexibility index (Phi) is 6.95. The molecule has 0 aromatic heterocycles. The van der Waals surface area contributed by atoms with Crippen molar-refractivity contribution in [3.63, 3.8) is 0 Å². The first-order chi connectivity index (χ1) is 11.5. The molecule has 0 aliphatic rings. The Morgan fingerprint density at radius 3 is 2.21 bits per heavy atom. The molecule has 0 amide bonds. The van der Waals surface area contributed by atoms with Gasteiger partial charge in [-0.25, -0.2) is 0 Å². The number of hydrogen-bond donors (Lipinski definition) is 0. The van der Waals surface area contributed by atoms with E-state index in [-0.39, 0.29) is 0 Å². The first kappa shape index (κ1) is 18.6. The molecule has 2 rings (SSSR count). The Balaban J connectivity index is 2.01. The zero-order valence-electron chi connectivity index (χ0n) is 14.8. The molecule has 0 atom stereocenters. The Morgan fingerprint density at radius 2 is 1.58 bits per heavy atom. The smallest absolute Gasteiger partial charge is 0.169 e. The third-order valence-corrected chi connectivity index (χ3v) is 4.04. The van der Waals surface area contributed by atoms with E-state index in [1.807, 2.05) is 42.5 Å². The zero-order chi connectivity index (χ0) is 17.5. The molecule has 130 valence electrons. The largest absolute Gasteiger partial charge is 0.488 e. The molecular formula is C20H26ClNO2. The highest BCUT2D eigenvalue weighted by Gasteiger charge is 2.13. The minimum atomic E-state index is 0.492. The van der Waals surface area contributed by atoms with Crippen LogP contribution in [0.1, 0.15) is 27.7 Å². The average molecular weight is 348 g/mol. The highest BCUT2D eigenvalue weighted by atomic mass is 35.5. The maximum Gasteiger partial charge on any atom is 0.169 e. The first-order valence-corrected chi connectivity index (χ1v) is 8.76. The lowest BCUT2D eigenvalue weighted by atomic mass is 10.2. The molecule has 2 aromatic carbocycles. The number of benzene rings is 2. The van der Waals surface area contributed by atoms with Gasteiger partial charge in [-0.05, 0) is 58.0 Å². The maximum atomic E-state index is 6.01. The molecule has 0 saturated carbocycles. The van der Waals surface area contributed by atoms with Crippen LogP contribution in [0.15, 0.2) is 48.5 Å². The summed E-state index contributed by atoms with van der Waals surface area (Å²) in [5.41, 5.74) is 0. The van der Waals surface area contributed by atoms with E-state index < -0.39 is 0 Å². The Hall–Kier alpha value is -1.71. The summed E-state index contributed by atoms with van der Waals surface area (Å²) < 4.78 is 11.9. The molecule has 0 spiro atoms. The summed E-state index contributed by atoms with van der Waals surface area (Å²) in [5, 5.41) is 0.649. The Labute approximate surface area is 150 Å². The Bertz CT molecular complexity index is 635. The van der Waals surface area contributed by atoms with Gasteiger partial charge in [0.15, 0.2) is 11.5 Å². The molecule has 0 bridgehead atoms. The average Bonchev–Trinajstić information content (AvgIpc) is 2.52. The first-order valence-electron chi connectivity index (χ1n) is 8.38. The highest BCUT2D eigenvalue weighted by molar-refractivity contribution is 6.30. The van der Waals surface area contributed by atoms with Gasteiger partial charge in [0.1, 0.15) is 12.4 Å². The number of rotatable bonds is 8. The van der Waals surface area contributed by atoms with Gasteiger partial charge in [-0.15, -0.1) is 0 Å². The van der Waals surface area contributed by atoms with Crippen molar-refractivity contribution in [2.45, 2.75) is 39.8 Å². The molecule has 0 aliphatic carbocycles. The van der Waals surface area contributed by atoms with E-state index in [0.717, 1.165) is 12.3 Å². The zero-order valence-corrected chi connectivity index (χ0v) is 15.6. The van der Waals surface area contributed by atoms with Gasteiger partial charge >= 0.3 is 0 Å². The predicted octanol–water partition coefficient (Wildman–Crippen LogP) is 5.63. The molecule has 0 aliphatic heterocycles. The van der Waals surface area contributed by atoms with Crippen molar-refractivity contribution < 1.29 is 9.47 Å². The minimum absolute atomic E-state index is 0.492. The van der Waals surface area contributed by atoms with Gasteiger partial charge in [-0.1, -0.05) is 29.8 Å². The fourth-order valence-electron chi connectivity index (χ4n) is 2.68. The molecule has 0 saturated heterocycles. The number of ether oxygens (including phenoxy) is 2. The van der Waals surface area contributed by atoms with Gasteiger partial charge in [0, 0.05) is 23.7 Å². The minimum Gasteiger partial charge on any atom is -0.488 e. The van der Waals surface area contributed by atoms with E-state index in [4.69, 9.17) is 21.1 Å². The second-order valence-corrected chi connectivity index (χ2v) is 6.72. The van der Waals surface area contributed by atoms with Crippen molar-refractivity contribution in [3.8, 4) is 17.2 Å². The van der Waals surface area contributed by atoms with E-state index in [2.05, 4.69) is 32.6 Å². The summed E-state index contributed by atoms with van der Waals surface area (Å²) in [6.07, 6.45) is 0. The van der Waals surface area contributed by atoms with Crippen LogP contribution in [0.3, 0.4) is 0 Å². The lowest BCUT2D eigenvalue weighted by molar-refractivity contribution is 0.141. The van der Waals surface area contributed by atoms with Crippen molar-refractivity contribution in [1.82, 2.24) is 4.90 Å². The van der Waals surface area contributed by atoms with Crippen LogP contribution < -0.4 is 9.47 Å². The number of nitrogens with zero attached hydrogens (tertiary/aromatic N) is 1. The molecule has 0 N–H and O–H groups in total. The van der Waals surface area contributed by atoms with Gasteiger partial charge in [0.2, 0.25) is 0 Å². The summed E-state index contributed by atoms with van der Waals surface area (Å²) >= 11 is 6.01. The number of hydrogen-bond acceptors (Lipinski definition) is 3. The molecule has 3 nitrogen and oxygen atoms in total. The topological polar surface area (TPSA) is 21.7 Å². The van der Waals surface area contributed by atoms with E-state index in [0.29, 0.717) is 35.2 Å². The van der Waals surface area contributed by atoms with Crippen LogP contribution in [-0.2, 0) is 0 Å². The lowest BCUT2D eigenvalue weighted by Crippen LogP contribution is -2.39. The summed E-state index contributed by atoms with van der Waals surface area (Å²) in [6.45, 7) is 10.3. The lowest BCUT2D eigenvalue weighted by Gasteiger charge is -2.30. The second-order valence-electron chi connectivity index (χ2n) is 6.28. The van der Waals surface area contributed by atoms with Crippen molar-refractivity contribution in [2.75, 3.05) is 13.2 Å². The van der Waals surface area contributed by atoms with Crippen molar-refractivity contribution in [2.24, 2.45) is 0 Å². The van der Waals surface area contributed by atoms with E-state index in [1.165, 1.54) is 0 Å². The SMILES string of the molecule is CC(C)N(CCOc1ccccc1Oc1cccc(Cl)c1)C(C)C. The molecule has 0 radical (unpaired) electrons.